The Morgan fingerprint density at radius 2 is 1.85 bits per heavy atom. The number of nitrogens with one attached hydrogen (secondary N) is 1. The predicted molar refractivity (Wildman–Crippen MR) is 85.5 cm³/mol. The Morgan fingerprint density at radius 1 is 1.15 bits per heavy atom. The van der Waals surface area contributed by atoms with Gasteiger partial charge in [-0.1, -0.05) is 44.5 Å². The Labute approximate surface area is 125 Å². The van der Waals surface area contributed by atoms with Gasteiger partial charge in [0, 0.05) is 28.6 Å². The summed E-state index contributed by atoms with van der Waals surface area (Å²) < 4.78 is 0. The number of aromatic nitrogens is 2. The van der Waals surface area contributed by atoms with Crippen LogP contribution in [0.25, 0.3) is 11.3 Å². The van der Waals surface area contributed by atoms with Gasteiger partial charge in [0.05, 0.1) is 5.69 Å². The summed E-state index contributed by atoms with van der Waals surface area (Å²) in [7, 11) is 1.88. The van der Waals surface area contributed by atoms with Crippen molar-refractivity contribution in [3.05, 3.63) is 40.7 Å². The predicted octanol–water partition coefficient (Wildman–Crippen LogP) is 4.44. The van der Waals surface area contributed by atoms with Crippen LogP contribution in [0.1, 0.15) is 32.2 Å². The summed E-state index contributed by atoms with van der Waals surface area (Å²) >= 11 is 6.09. The average Bonchev–Trinajstić information content (AvgIpc) is 2.37. The van der Waals surface area contributed by atoms with E-state index in [9.17, 15) is 0 Å². The number of hydrogen-bond acceptors (Lipinski definition) is 3. The summed E-state index contributed by atoms with van der Waals surface area (Å²) in [6.07, 6.45) is 0. The molecule has 0 aliphatic rings. The Balaban J connectivity index is 2.68. The Kier molecular flexibility index (Phi) is 4.00. The molecule has 0 saturated heterocycles. The molecule has 0 amide bonds. The van der Waals surface area contributed by atoms with Gasteiger partial charge in [-0.3, -0.25) is 0 Å². The zero-order valence-corrected chi connectivity index (χ0v) is 13.3. The SMILES string of the molecule is CNc1nc(C(C)(C)C)nc(-c2cccc(Cl)c2)c1C. The minimum Gasteiger partial charge on any atom is -0.373 e. The molecule has 106 valence electrons. The first-order valence-corrected chi connectivity index (χ1v) is 7.03. The van der Waals surface area contributed by atoms with Crippen LogP contribution in [-0.4, -0.2) is 17.0 Å². The molecule has 4 heteroatoms. The van der Waals surface area contributed by atoms with Crippen LogP contribution in [-0.2, 0) is 5.41 Å². The van der Waals surface area contributed by atoms with Gasteiger partial charge >= 0.3 is 0 Å². The molecule has 0 spiro atoms. The molecule has 0 atom stereocenters. The quantitative estimate of drug-likeness (QED) is 0.888. The molecule has 2 rings (SSSR count). The maximum absolute atomic E-state index is 6.09. The van der Waals surface area contributed by atoms with Gasteiger partial charge in [0.25, 0.3) is 0 Å². The van der Waals surface area contributed by atoms with Crippen LogP contribution in [0.15, 0.2) is 24.3 Å². The molecule has 0 saturated carbocycles. The minimum absolute atomic E-state index is 0.105. The second-order valence-corrected chi connectivity index (χ2v) is 6.32. The van der Waals surface area contributed by atoms with Crippen LogP contribution in [0.4, 0.5) is 5.82 Å². The van der Waals surface area contributed by atoms with Crippen molar-refractivity contribution in [2.75, 3.05) is 12.4 Å². The summed E-state index contributed by atoms with van der Waals surface area (Å²) in [5.74, 6) is 1.68. The van der Waals surface area contributed by atoms with E-state index < -0.39 is 0 Å². The highest BCUT2D eigenvalue weighted by Crippen LogP contribution is 2.30. The smallest absolute Gasteiger partial charge is 0.136 e. The van der Waals surface area contributed by atoms with Crippen molar-refractivity contribution in [2.45, 2.75) is 33.1 Å². The highest BCUT2D eigenvalue weighted by atomic mass is 35.5. The summed E-state index contributed by atoms with van der Waals surface area (Å²) in [5, 5.41) is 3.86. The van der Waals surface area contributed by atoms with Crippen LogP contribution in [0.5, 0.6) is 0 Å². The molecular weight excluding hydrogens is 270 g/mol. The van der Waals surface area contributed by atoms with Crippen molar-refractivity contribution in [3.8, 4) is 11.3 Å². The molecule has 1 heterocycles. The number of halogens is 1. The van der Waals surface area contributed by atoms with E-state index in [4.69, 9.17) is 16.6 Å². The van der Waals surface area contributed by atoms with E-state index in [0.29, 0.717) is 5.02 Å². The second kappa shape index (κ2) is 5.41. The number of benzene rings is 1. The van der Waals surface area contributed by atoms with Crippen molar-refractivity contribution >= 4 is 17.4 Å². The maximum Gasteiger partial charge on any atom is 0.136 e. The molecule has 0 radical (unpaired) electrons. The van der Waals surface area contributed by atoms with E-state index in [-0.39, 0.29) is 5.41 Å². The van der Waals surface area contributed by atoms with E-state index >= 15 is 0 Å². The Hall–Kier alpha value is -1.61. The van der Waals surface area contributed by atoms with Gasteiger partial charge in [0.15, 0.2) is 0 Å². The number of anilines is 1. The molecule has 3 nitrogen and oxygen atoms in total. The largest absolute Gasteiger partial charge is 0.373 e. The fourth-order valence-corrected chi connectivity index (χ4v) is 2.20. The molecule has 20 heavy (non-hydrogen) atoms. The number of nitrogens with zero attached hydrogens (tertiary/aromatic N) is 2. The zero-order chi connectivity index (χ0) is 14.9. The zero-order valence-electron chi connectivity index (χ0n) is 12.6. The van der Waals surface area contributed by atoms with E-state index in [0.717, 1.165) is 28.5 Å². The fraction of sp³-hybridized carbons (Fsp3) is 0.375. The highest BCUT2D eigenvalue weighted by Gasteiger charge is 2.21. The lowest BCUT2D eigenvalue weighted by Crippen LogP contribution is -2.18. The van der Waals surface area contributed by atoms with E-state index in [1.165, 1.54) is 0 Å². The fourth-order valence-electron chi connectivity index (χ4n) is 2.01. The molecule has 0 bridgehead atoms. The molecular formula is C16H20ClN3. The van der Waals surface area contributed by atoms with E-state index in [1.54, 1.807) is 0 Å². The molecule has 1 aromatic heterocycles. The monoisotopic (exact) mass is 289 g/mol. The Bertz CT molecular complexity index is 630. The third-order valence-electron chi connectivity index (χ3n) is 3.15. The molecule has 1 aromatic carbocycles. The first kappa shape index (κ1) is 14.8. The highest BCUT2D eigenvalue weighted by molar-refractivity contribution is 6.30. The van der Waals surface area contributed by atoms with Gasteiger partial charge in [0.1, 0.15) is 11.6 Å². The van der Waals surface area contributed by atoms with Crippen molar-refractivity contribution < 1.29 is 0 Å². The lowest BCUT2D eigenvalue weighted by atomic mass is 9.95. The third-order valence-corrected chi connectivity index (χ3v) is 3.39. The summed E-state index contributed by atoms with van der Waals surface area (Å²) in [4.78, 5) is 9.37. The molecule has 2 aromatic rings. The van der Waals surface area contributed by atoms with Crippen LogP contribution >= 0.6 is 11.6 Å². The molecule has 0 aliphatic heterocycles. The summed E-state index contributed by atoms with van der Waals surface area (Å²) in [6, 6.07) is 7.76. The van der Waals surface area contributed by atoms with Crippen molar-refractivity contribution in [1.29, 1.82) is 0 Å². The van der Waals surface area contributed by atoms with Crippen LogP contribution in [0, 0.1) is 6.92 Å². The van der Waals surface area contributed by atoms with Crippen LogP contribution in [0.2, 0.25) is 5.02 Å². The Morgan fingerprint density at radius 3 is 2.40 bits per heavy atom. The normalized spacial score (nSPS) is 11.5. The van der Waals surface area contributed by atoms with Crippen molar-refractivity contribution in [2.24, 2.45) is 0 Å². The van der Waals surface area contributed by atoms with Gasteiger partial charge in [0.2, 0.25) is 0 Å². The van der Waals surface area contributed by atoms with Gasteiger partial charge in [-0.15, -0.1) is 0 Å². The summed E-state index contributed by atoms with van der Waals surface area (Å²) in [5.41, 5.74) is 2.87. The topological polar surface area (TPSA) is 37.8 Å². The summed E-state index contributed by atoms with van der Waals surface area (Å²) in [6.45, 7) is 8.35. The first-order valence-electron chi connectivity index (χ1n) is 6.65. The van der Waals surface area contributed by atoms with Crippen LogP contribution in [0.3, 0.4) is 0 Å². The molecule has 1 N–H and O–H groups in total. The van der Waals surface area contributed by atoms with Gasteiger partial charge in [-0.05, 0) is 19.1 Å². The maximum atomic E-state index is 6.09. The first-order chi connectivity index (χ1) is 9.32. The van der Waals surface area contributed by atoms with Crippen molar-refractivity contribution in [1.82, 2.24) is 9.97 Å². The van der Waals surface area contributed by atoms with Gasteiger partial charge in [-0.25, -0.2) is 9.97 Å². The minimum atomic E-state index is -0.105. The van der Waals surface area contributed by atoms with E-state index in [1.807, 2.05) is 38.2 Å². The number of hydrogen-bond donors (Lipinski definition) is 1. The standard InChI is InChI=1S/C16H20ClN3/c1-10-13(11-7-6-8-12(17)9-11)19-15(16(2,3)4)20-14(10)18-5/h6-9H,1-5H3,(H,18,19,20). The molecule has 0 fully saturated rings. The molecule has 0 unspecified atom stereocenters. The lowest BCUT2D eigenvalue weighted by molar-refractivity contribution is 0.546. The van der Waals surface area contributed by atoms with E-state index in [2.05, 4.69) is 31.1 Å². The second-order valence-electron chi connectivity index (χ2n) is 5.88. The van der Waals surface area contributed by atoms with Gasteiger partial charge < -0.3 is 5.32 Å². The average molecular weight is 290 g/mol. The van der Waals surface area contributed by atoms with Crippen LogP contribution < -0.4 is 5.32 Å². The van der Waals surface area contributed by atoms with Crippen molar-refractivity contribution in [3.63, 3.8) is 0 Å². The lowest BCUT2D eigenvalue weighted by Gasteiger charge is -2.20. The number of rotatable bonds is 2. The molecule has 0 aliphatic carbocycles. The van der Waals surface area contributed by atoms with Gasteiger partial charge in [-0.2, -0.15) is 0 Å². The third kappa shape index (κ3) is 2.93.